The summed E-state index contributed by atoms with van der Waals surface area (Å²) in [5.74, 6) is -0.592. The van der Waals surface area contributed by atoms with Gasteiger partial charge in [-0.3, -0.25) is 0 Å². The Labute approximate surface area is 117 Å². The maximum absolute atomic E-state index is 12.5. The summed E-state index contributed by atoms with van der Waals surface area (Å²) in [7, 11) is -2.52. The number of nitrogens with two attached hydrogens (primary N) is 1. The Hall–Kier alpha value is -1.64. The van der Waals surface area contributed by atoms with Gasteiger partial charge in [-0.2, -0.15) is 4.31 Å². The summed E-state index contributed by atoms with van der Waals surface area (Å²) < 4.78 is 36.0. The number of benzene rings is 1. The van der Waals surface area contributed by atoms with Crippen LogP contribution in [-0.2, 0) is 24.3 Å². The first-order chi connectivity index (χ1) is 9.46. The van der Waals surface area contributed by atoms with Gasteiger partial charge in [0.25, 0.3) is 0 Å². The second-order valence-corrected chi connectivity index (χ2v) is 6.19. The minimum Gasteiger partial charge on any atom is -0.467 e. The van der Waals surface area contributed by atoms with Gasteiger partial charge in [-0.25, -0.2) is 13.2 Å². The first-order valence-corrected chi connectivity index (χ1v) is 7.45. The molecule has 2 N–H and O–H groups in total. The molecule has 1 saturated heterocycles. The van der Waals surface area contributed by atoms with Crippen LogP contribution in [0, 0.1) is 0 Å². The van der Waals surface area contributed by atoms with E-state index in [1.807, 2.05) is 0 Å². The van der Waals surface area contributed by atoms with Gasteiger partial charge in [0.1, 0.15) is 4.90 Å². The first-order valence-electron chi connectivity index (χ1n) is 6.01. The predicted octanol–water partition coefficient (Wildman–Crippen LogP) is -0.169. The Morgan fingerprint density at radius 2 is 2.15 bits per heavy atom. The predicted molar refractivity (Wildman–Crippen MR) is 71.4 cm³/mol. The van der Waals surface area contributed by atoms with Crippen LogP contribution in [0.4, 0.5) is 5.69 Å². The zero-order chi connectivity index (χ0) is 14.8. The van der Waals surface area contributed by atoms with Crippen molar-refractivity contribution in [2.24, 2.45) is 0 Å². The monoisotopic (exact) mass is 300 g/mol. The van der Waals surface area contributed by atoms with Gasteiger partial charge in [-0.05, 0) is 12.1 Å². The molecule has 1 aliphatic rings. The molecule has 0 saturated carbocycles. The third kappa shape index (κ3) is 2.77. The Morgan fingerprint density at radius 1 is 1.45 bits per heavy atom. The minimum atomic E-state index is -3.75. The van der Waals surface area contributed by atoms with Crippen LogP contribution in [0.5, 0.6) is 0 Å². The van der Waals surface area contributed by atoms with Gasteiger partial charge in [0.15, 0.2) is 6.10 Å². The molecule has 0 spiro atoms. The third-order valence-corrected chi connectivity index (χ3v) is 4.97. The second kappa shape index (κ2) is 5.78. The zero-order valence-corrected chi connectivity index (χ0v) is 11.8. The molecule has 20 heavy (non-hydrogen) atoms. The van der Waals surface area contributed by atoms with E-state index in [1.54, 1.807) is 12.1 Å². The summed E-state index contributed by atoms with van der Waals surface area (Å²) in [4.78, 5) is 11.5. The van der Waals surface area contributed by atoms with Crippen LogP contribution in [0.1, 0.15) is 0 Å². The van der Waals surface area contributed by atoms with E-state index in [0.29, 0.717) is 0 Å². The number of carbonyl (C=O) groups is 1. The molecule has 1 atom stereocenters. The number of morpholine rings is 1. The summed E-state index contributed by atoms with van der Waals surface area (Å²) >= 11 is 0. The van der Waals surface area contributed by atoms with Gasteiger partial charge in [0.2, 0.25) is 10.0 Å². The van der Waals surface area contributed by atoms with Crippen molar-refractivity contribution in [2.75, 3.05) is 32.5 Å². The molecular weight excluding hydrogens is 284 g/mol. The Kier molecular flexibility index (Phi) is 4.26. The molecule has 0 bridgehead atoms. The second-order valence-electron chi connectivity index (χ2n) is 4.28. The van der Waals surface area contributed by atoms with Gasteiger partial charge in [0.05, 0.1) is 25.9 Å². The van der Waals surface area contributed by atoms with E-state index in [-0.39, 0.29) is 30.3 Å². The summed E-state index contributed by atoms with van der Waals surface area (Å²) in [5, 5.41) is 0. The normalized spacial score (nSPS) is 20.6. The van der Waals surface area contributed by atoms with Gasteiger partial charge < -0.3 is 15.2 Å². The number of anilines is 1. The number of esters is 1. The number of methoxy groups -OCH3 is 1. The van der Waals surface area contributed by atoms with Crippen LogP contribution in [-0.4, -0.2) is 51.6 Å². The molecule has 8 heteroatoms. The zero-order valence-electron chi connectivity index (χ0n) is 11.0. The fraction of sp³-hybridized carbons (Fsp3) is 0.417. The van der Waals surface area contributed by atoms with Crippen molar-refractivity contribution < 1.29 is 22.7 Å². The number of nitrogen functional groups attached to an aromatic ring is 1. The molecule has 7 nitrogen and oxygen atoms in total. The molecule has 1 heterocycles. The van der Waals surface area contributed by atoms with Gasteiger partial charge in [-0.15, -0.1) is 0 Å². The highest BCUT2D eigenvalue weighted by atomic mass is 32.2. The highest BCUT2D eigenvalue weighted by Crippen LogP contribution is 2.23. The Balaban J connectivity index is 2.26. The lowest BCUT2D eigenvalue weighted by molar-refractivity contribution is -0.157. The lowest BCUT2D eigenvalue weighted by Gasteiger charge is -2.30. The molecule has 0 aromatic heterocycles. The van der Waals surface area contributed by atoms with Crippen LogP contribution in [0.15, 0.2) is 29.2 Å². The van der Waals surface area contributed by atoms with E-state index in [9.17, 15) is 13.2 Å². The molecule has 1 aromatic carbocycles. The molecule has 110 valence electrons. The highest BCUT2D eigenvalue weighted by molar-refractivity contribution is 7.89. The van der Waals surface area contributed by atoms with Crippen LogP contribution in [0.25, 0.3) is 0 Å². The number of hydrogen-bond acceptors (Lipinski definition) is 6. The van der Waals surface area contributed by atoms with Crippen LogP contribution in [0.2, 0.25) is 0 Å². The van der Waals surface area contributed by atoms with Crippen LogP contribution in [0.3, 0.4) is 0 Å². The first kappa shape index (κ1) is 14.8. The van der Waals surface area contributed by atoms with Crippen molar-refractivity contribution in [1.82, 2.24) is 4.31 Å². The number of hydrogen-bond donors (Lipinski definition) is 1. The maximum Gasteiger partial charge on any atom is 0.336 e. The lowest BCUT2D eigenvalue weighted by atomic mass is 10.3. The van der Waals surface area contributed by atoms with E-state index in [4.69, 9.17) is 10.5 Å². The van der Waals surface area contributed by atoms with E-state index >= 15 is 0 Å². The largest absolute Gasteiger partial charge is 0.467 e. The maximum atomic E-state index is 12.5. The number of nitrogens with zero attached hydrogens (tertiary/aromatic N) is 1. The van der Waals surface area contributed by atoms with Crippen LogP contribution >= 0.6 is 0 Å². The van der Waals surface area contributed by atoms with Crippen LogP contribution < -0.4 is 5.73 Å². The quantitative estimate of drug-likeness (QED) is 0.615. The molecular formula is C12H16N2O5S. The Morgan fingerprint density at radius 3 is 2.80 bits per heavy atom. The smallest absolute Gasteiger partial charge is 0.336 e. The molecule has 1 fully saturated rings. The molecule has 1 aromatic rings. The number of rotatable bonds is 3. The van der Waals surface area contributed by atoms with Crippen molar-refractivity contribution in [3.63, 3.8) is 0 Å². The lowest BCUT2D eigenvalue weighted by Crippen LogP contribution is -2.48. The molecule has 0 amide bonds. The number of para-hydroxylation sites is 1. The van der Waals surface area contributed by atoms with Crippen molar-refractivity contribution in [3.8, 4) is 0 Å². The van der Waals surface area contributed by atoms with Crippen molar-refractivity contribution in [2.45, 2.75) is 11.0 Å². The van der Waals surface area contributed by atoms with Crippen molar-refractivity contribution >= 4 is 21.7 Å². The van der Waals surface area contributed by atoms with Crippen molar-refractivity contribution in [1.29, 1.82) is 0 Å². The van der Waals surface area contributed by atoms with Gasteiger partial charge >= 0.3 is 5.97 Å². The van der Waals surface area contributed by atoms with E-state index < -0.39 is 22.1 Å². The molecule has 1 aliphatic heterocycles. The number of ether oxygens (including phenoxy) is 2. The molecule has 0 radical (unpaired) electrons. The summed E-state index contributed by atoms with van der Waals surface area (Å²) in [5.41, 5.74) is 5.88. The minimum absolute atomic E-state index is 0.0329. The number of sulfonamides is 1. The summed E-state index contributed by atoms with van der Waals surface area (Å²) in [6.07, 6.45) is -0.909. The van der Waals surface area contributed by atoms with E-state index in [1.165, 1.54) is 23.5 Å². The SMILES string of the molecule is COC(=O)C1CN(S(=O)(=O)c2ccccc2N)CCO1. The van der Waals surface area contributed by atoms with Gasteiger partial charge in [-0.1, -0.05) is 12.1 Å². The summed E-state index contributed by atoms with van der Waals surface area (Å²) in [6, 6.07) is 6.21. The van der Waals surface area contributed by atoms with E-state index in [2.05, 4.69) is 4.74 Å². The molecule has 1 unspecified atom stereocenters. The Bertz CT molecular complexity index is 602. The summed E-state index contributed by atoms with van der Waals surface area (Å²) in [6.45, 7) is 0.221. The average molecular weight is 300 g/mol. The van der Waals surface area contributed by atoms with E-state index in [0.717, 1.165) is 0 Å². The van der Waals surface area contributed by atoms with Gasteiger partial charge in [0, 0.05) is 6.54 Å². The molecule has 0 aliphatic carbocycles. The standard InChI is InChI=1S/C12H16N2O5S/c1-18-12(15)10-8-14(6-7-19-10)20(16,17)11-5-3-2-4-9(11)13/h2-5,10H,6-8,13H2,1H3. The topological polar surface area (TPSA) is 98.9 Å². The fourth-order valence-corrected chi connectivity index (χ4v) is 3.51. The highest BCUT2D eigenvalue weighted by Gasteiger charge is 2.35. The third-order valence-electron chi connectivity index (χ3n) is 3.03. The number of carbonyl (C=O) groups excluding carboxylic acids is 1. The average Bonchev–Trinajstić information content (AvgIpc) is 2.47. The fourth-order valence-electron chi connectivity index (χ4n) is 1.97. The molecule has 2 rings (SSSR count). The van der Waals surface area contributed by atoms with Crippen molar-refractivity contribution in [3.05, 3.63) is 24.3 Å².